The predicted molar refractivity (Wildman–Crippen MR) is 61.6 cm³/mol. The van der Waals surface area contributed by atoms with E-state index in [0.717, 1.165) is 32.1 Å². The molecule has 0 aromatic heterocycles. The molecule has 0 spiro atoms. The van der Waals surface area contributed by atoms with Crippen molar-refractivity contribution < 1.29 is 19.4 Å². The van der Waals surface area contributed by atoms with Crippen LogP contribution in [0, 0.1) is 5.92 Å². The maximum absolute atomic E-state index is 12.1. The average molecular weight is 329 g/mol. The van der Waals surface area contributed by atoms with Gasteiger partial charge in [0.1, 0.15) is 5.75 Å². The Morgan fingerprint density at radius 3 is 2.00 bits per heavy atom. The van der Waals surface area contributed by atoms with E-state index in [0.29, 0.717) is 6.08 Å². The van der Waals surface area contributed by atoms with E-state index in [9.17, 15) is 19.4 Å². The van der Waals surface area contributed by atoms with Gasteiger partial charge in [-0.15, -0.1) is 0 Å². The molecule has 0 nitrogen and oxygen atoms in total. The molecule has 1 saturated carbocycles. The van der Waals surface area contributed by atoms with Crippen LogP contribution in [0.2, 0.25) is 0 Å². The van der Waals surface area contributed by atoms with E-state index in [-0.39, 0.29) is 10.4 Å². The van der Waals surface area contributed by atoms with Crippen molar-refractivity contribution in [3.05, 3.63) is 10.6 Å². The monoisotopic (exact) mass is 328 g/mol. The first-order valence-electron chi connectivity index (χ1n) is 5.05. The fourth-order valence-electron chi connectivity index (χ4n) is 1.78. The Balaban J connectivity index is 2.64. The first kappa shape index (κ1) is 14.3. The third kappa shape index (κ3) is 6.08. The van der Waals surface area contributed by atoms with E-state index in [1.165, 1.54) is 0 Å². The minimum absolute atomic E-state index is 0.0197. The predicted octanol–water partition coefficient (Wildman–Crippen LogP) is 6.14. The minimum atomic E-state index is -9.28. The maximum Gasteiger partial charge on any atom is 0.288 e. The van der Waals surface area contributed by atoms with Gasteiger partial charge in [-0.2, -0.15) is 0 Å². The third-order valence-electron chi connectivity index (χ3n) is 2.59. The summed E-state index contributed by atoms with van der Waals surface area (Å²) in [6, 6.07) is 0. The molecule has 1 rings (SSSR count). The highest BCUT2D eigenvalue weighted by molar-refractivity contribution is 9.11. The molecule has 0 amide bonds. The molecule has 0 aliphatic heterocycles. The standard InChI is InChI=1S/C9H14BrF5S/c10-9(8-4-2-1-3-5-8)6-7-16(11,12,13,14)15/h6,8H,1-5,7H2/b9-6+. The lowest BCUT2D eigenvalue weighted by atomic mass is 9.89. The summed E-state index contributed by atoms with van der Waals surface area (Å²) < 4.78 is 60.7. The fraction of sp³-hybridized carbons (Fsp3) is 0.778. The number of hydrogen-bond acceptors (Lipinski definition) is 0. The summed E-state index contributed by atoms with van der Waals surface area (Å²) in [5.74, 6) is -2.12. The summed E-state index contributed by atoms with van der Waals surface area (Å²) in [5, 5.41) is 0. The lowest BCUT2D eigenvalue weighted by Gasteiger charge is -2.39. The molecule has 0 aromatic carbocycles. The van der Waals surface area contributed by atoms with Crippen LogP contribution in [0.3, 0.4) is 0 Å². The van der Waals surface area contributed by atoms with Crippen molar-refractivity contribution in [2.75, 3.05) is 5.75 Å². The van der Waals surface area contributed by atoms with Crippen LogP contribution in [0.5, 0.6) is 0 Å². The normalized spacial score (nSPS) is 25.0. The topological polar surface area (TPSA) is 0 Å². The Bertz CT molecular complexity index is 287. The van der Waals surface area contributed by atoms with Gasteiger partial charge in [0.2, 0.25) is 0 Å². The zero-order chi connectivity index (χ0) is 12.5. The van der Waals surface area contributed by atoms with Crippen molar-refractivity contribution in [2.24, 2.45) is 5.92 Å². The van der Waals surface area contributed by atoms with E-state index in [2.05, 4.69) is 15.9 Å². The molecule has 0 heterocycles. The van der Waals surface area contributed by atoms with E-state index in [1.807, 2.05) is 0 Å². The summed E-state index contributed by atoms with van der Waals surface area (Å²) in [6.45, 7) is 0. The van der Waals surface area contributed by atoms with Crippen molar-refractivity contribution in [2.45, 2.75) is 32.1 Å². The van der Waals surface area contributed by atoms with Crippen LogP contribution in [-0.2, 0) is 0 Å². The van der Waals surface area contributed by atoms with Gasteiger partial charge in [0.25, 0.3) is 10.2 Å². The number of rotatable bonds is 3. The molecule has 0 bridgehead atoms. The molecule has 1 aliphatic carbocycles. The molecule has 0 N–H and O–H groups in total. The SMILES string of the molecule is FS(F)(F)(F)(F)C/C=C(/Br)C1CCCCC1. The Morgan fingerprint density at radius 2 is 1.56 bits per heavy atom. The van der Waals surface area contributed by atoms with Crippen LogP contribution in [0.4, 0.5) is 19.4 Å². The van der Waals surface area contributed by atoms with E-state index in [4.69, 9.17) is 0 Å². The molecule has 98 valence electrons. The van der Waals surface area contributed by atoms with Gasteiger partial charge in [-0.25, -0.2) is 0 Å². The number of allylic oxidation sites excluding steroid dienone is 1. The summed E-state index contributed by atoms with van der Waals surface area (Å²) in [7, 11) is -9.28. The first-order valence-corrected chi connectivity index (χ1v) is 7.96. The first-order chi connectivity index (χ1) is 6.97. The van der Waals surface area contributed by atoms with Gasteiger partial charge in [0.15, 0.2) is 0 Å². The minimum Gasteiger partial charge on any atom is -0.0975 e. The highest BCUT2D eigenvalue weighted by Gasteiger charge is 2.62. The molecule has 7 heteroatoms. The van der Waals surface area contributed by atoms with Gasteiger partial charge < -0.3 is 0 Å². The van der Waals surface area contributed by atoms with Crippen LogP contribution < -0.4 is 0 Å². The number of hydrogen-bond donors (Lipinski definition) is 0. The molecule has 0 unspecified atom stereocenters. The highest BCUT2D eigenvalue weighted by Crippen LogP contribution is 2.97. The summed E-state index contributed by atoms with van der Waals surface area (Å²) in [5.41, 5.74) is 0. The molecule has 0 radical (unpaired) electrons. The van der Waals surface area contributed by atoms with Gasteiger partial charge >= 0.3 is 0 Å². The van der Waals surface area contributed by atoms with Crippen molar-refractivity contribution in [1.82, 2.24) is 0 Å². The summed E-state index contributed by atoms with van der Waals surface area (Å²) in [6.07, 6.45) is 5.11. The average Bonchev–Trinajstić information content (AvgIpc) is 2.13. The quantitative estimate of drug-likeness (QED) is 0.545. The molecule has 0 aromatic rings. The van der Waals surface area contributed by atoms with Gasteiger partial charge in [-0.3, -0.25) is 0 Å². The summed E-state index contributed by atoms with van der Waals surface area (Å²) in [4.78, 5) is 0. The van der Waals surface area contributed by atoms with Crippen molar-refractivity contribution in [1.29, 1.82) is 0 Å². The molecular weight excluding hydrogens is 315 g/mol. The largest absolute Gasteiger partial charge is 0.288 e. The Kier molecular flexibility index (Phi) is 3.45. The van der Waals surface area contributed by atoms with Crippen LogP contribution >= 0.6 is 26.2 Å². The fourth-order valence-corrected chi connectivity index (χ4v) is 3.11. The van der Waals surface area contributed by atoms with Crippen molar-refractivity contribution in [3.63, 3.8) is 0 Å². The van der Waals surface area contributed by atoms with Gasteiger partial charge in [-0.05, 0) is 23.2 Å². The molecule has 16 heavy (non-hydrogen) atoms. The lowest BCUT2D eigenvalue weighted by molar-refractivity contribution is 0.369. The second-order valence-corrected chi connectivity index (χ2v) is 7.73. The van der Waals surface area contributed by atoms with Crippen LogP contribution in [0.15, 0.2) is 10.6 Å². The van der Waals surface area contributed by atoms with Crippen molar-refractivity contribution in [3.8, 4) is 0 Å². The summed E-state index contributed by atoms with van der Waals surface area (Å²) >= 11 is 2.99. The second kappa shape index (κ2) is 3.86. The van der Waals surface area contributed by atoms with Gasteiger partial charge in [0, 0.05) is 0 Å². The van der Waals surface area contributed by atoms with E-state index in [1.54, 1.807) is 0 Å². The van der Waals surface area contributed by atoms with Gasteiger partial charge in [-0.1, -0.05) is 60.7 Å². The second-order valence-electron chi connectivity index (χ2n) is 4.22. The highest BCUT2D eigenvalue weighted by atomic mass is 79.9. The zero-order valence-electron chi connectivity index (χ0n) is 8.57. The molecule has 1 aliphatic rings. The zero-order valence-corrected chi connectivity index (χ0v) is 11.0. The van der Waals surface area contributed by atoms with Gasteiger partial charge in [0.05, 0.1) is 0 Å². The Labute approximate surface area is 100 Å². The number of halogens is 6. The molecule has 0 atom stereocenters. The van der Waals surface area contributed by atoms with Crippen molar-refractivity contribution >= 4 is 26.2 Å². The maximum atomic E-state index is 12.1. The van der Waals surface area contributed by atoms with Crippen LogP contribution in [-0.4, -0.2) is 5.75 Å². The van der Waals surface area contributed by atoms with Crippen LogP contribution in [0.25, 0.3) is 0 Å². The Morgan fingerprint density at radius 1 is 1.06 bits per heavy atom. The molecule has 1 fully saturated rings. The van der Waals surface area contributed by atoms with E-state index >= 15 is 0 Å². The molecular formula is C9H14BrF5S. The lowest BCUT2D eigenvalue weighted by Crippen LogP contribution is -2.11. The smallest absolute Gasteiger partial charge is 0.0975 e. The van der Waals surface area contributed by atoms with E-state index < -0.39 is 16.0 Å². The Hall–Kier alpha value is 0.220. The third-order valence-corrected chi connectivity index (χ3v) is 4.36. The molecule has 0 saturated heterocycles. The van der Waals surface area contributed by atoms with Crippen LogP contribution in [0.1, 0.15) is 32.1 Å².